The van der Waals surface area contributed by atoms with Gasteiger partial charge in [0.15, 0.2) is 0 Å². The van der Waals surface area contributed by atoms with Gasteiger partial charge in [0, 0.05) is 81.7 Å². The third kappa shape index (κ3) is 7.04. The molecule has 14 rings (SSSR count). The van der Waals surface area contributed by atoms with Crippen molar-refractivity contribution >= 4 is 11.7 Å². The summed E-state index contributed by atoms with van der Waals surface area (Å²) in [5.74, 6) is 4.37. The van der Waals surface area contributed by atoms with Crippen molar-refractivity contribution in [2.45, 2.75) is 171 Å². The van der Waals surface area contributed by atoms with Crippen LogP contribution in [0, 0.1) is 65.1 Å². The maximum Gasteiger partial charge on any atom is 0.239 e. The number of ketones is 1. The SMILES string of the molecule is O=C(CC1CC1)CC1CCC2(CC1)OOC1(OO2)C2CC3CC(C2)CC1C3.O=C(CC1CCC2(CC1)OOC1(OO2)C2CC3CC(C2)CC1C3)N1CCOCC1. The van der Waals surface area contributed by atoms with Gasteiger partial charge in [-0.15, -0.1) is 0 Å². The molecule has 8 bridgehead atoms. The topological polar surface area (TPSA) is 120 Å². The monoisotopic (exact) mass is 783 g/mol. The van der Waals surface area contributed by atoms with Crippen LogP contribution in [-0.4, -0.2) is 66.0 Å². The number of ether oxygens (including phenoxy) is 1. The van der Waals surface area contributed by atoms with E-state index in [4.69, 9.17) is 43.8 Å². The Hall–Kier alpha value is -1.22. The Morgan fingerprint density at radius 1 is 0.446 bits per heavy atom. The van der Waals surface area contributed by atoms with Gasteiger partial charge in [0.2, 0.25) is 29.1 Å². The minimum Gasteiger partial charge on any atom is -0.378 e. The van der Waals surface area contributed by atoms with Crippen LogP contribution >= 0.6 is 0 Å². The zero-order chi connectivity index (χ0) is 37.5. The summed E-state index contributed by atoms with van der Waals surface area (Å²) in [6.07, 6.45) is 23.5. The molecule has 3 heterocycles. The standard InChI is InChI=1S/C22H33NO6.C22H32O5/c24-20(23-5-7-25-8-6-23)14-15-1-3-21(4-2-15)26-28-22(29-27-21)18-10-16-9-17(12-18)13-19(22)11-16;23-20(12-14-1-2-14)13-15-3-5-21(6-4-15)24-26-22(27-25-21)18-8-16-7-17(10-18)11-19(22)9-16/h15-19H,1-14H2;14-19H,1-13H2. The first-order valence-corrected chi connectivity index (χ1v) is 23.1. The molecule has 0 N–H and O–H groups in total. The number of amides is 1. The van der Waals surface area contributed by atoms with Crippen molar-refractivity contribution in [3.8, 4) is 0 Å². The van der Waals surface area contributed by atoms with Crippen molar-refractivity contribution < 1.29 is 53.4 Å². The Morgan fingerprint density at radius 3 is 1.18 bits per heavy atom. The van der Waals surface area contributed by atoms with Gasteiger partial charge in [-0.2, -0.15) is 39.1 Å². The van der Waals surface area contributed by atoms with Crippen molar-refractivity contribution in [3.63, 3.8) is 0 Å². The molecule has 312 valence electrons. The van der Waals surface area contributed by atoms with Crippen LogP contribution in [0.25, 0.3) is 0 Å². The highest BCUT2D eigenvalue weighted by Gasteiger charge is 2.66. The lowest BCUT2D eigenvalue weighted by Crippen LogP contribution is -2.64. The van der Waals surface area contributed by atoms with Gasteiger partial charge in [-0.05, 0) is 144 Å². The third-order valence-electron chi connectivity index (χ3n) is 17.1. The Kier molecular flexibility index (Phi) is 9.94. The van der Waals surface area contributed by atoms with E-state index < -0.39 is 23.1 Å². The molecule has 3 aliphatic heterocycles. The summed E-state index contributed by atoms with van der Waals surface area (Å²) in [5.41, 5.74) is 0. The molecule has 0 aromatic carbocycles. The van der Waals surface area contributed by atoms with E-state index in [0.29, 0.717) is 79.7 Å². The minimum atomic E-state index is -0.793. The van der Waals surface area contributed by atoms with E-state index >= 15 is 0 Å². The second-order valence-corrected chi connectivity index (χ2v) is 21.0. The molecule has 11 aliphatic carbocycles. The highest BCUT2D eigenvalue weighted by atomic mass is 17.4. The molecule has 12 heteroatoms. The fraction of sp³-hybridized carbons (Fsp3) is 0.955. The van der Waals surface area contributed by atoms with Crippen molar-refractivity contribution in [3.05, 3.63) is 0 Å². The van der Waals surface area contributed by atoms with Gasteiger partial charge in [0.25, 0.3) is 0 Å². The first-order chi connectivity index (χ1) is 27.3. The van der Waals surface area contributed by atoms with E-state index in [2.05, 4.69) is 0 Å². The van der Waals surface area contributed by atoms with Gasteiger partial charge in [-0.25, -0.2) is 0 Å². The molecular formula is C44H65NO11. The molecule has 0 atom stereocenters. The predicted octanol–water partition coefficient (Wildman–Crippen LogP) is 7.88. The molecule has 0 radical (unpaired) electrons. The van der Waals surface area contributed by atoms with Gasteiger partial charge in [-0.3, -0.25) is 9.59 Å². The third-order valence-corrected chi connectivity index (χ3v) is 17.1. The van der Waals surface area contributed by atoms with E-state index in [-0.39, 0.29) is 5.91 Å². The molecule has 0 aromatic heterocycles. The zero-order valence-electron chi connectivity index (χ0n) is 33.4. The van der Waals surface area contributed by atoms with E-state index in [1.165, 1.54) is 77.0 Å². The lowest BCUT2D eigenvalue weighted by molar-refractivity contribution is -0.680. The number of Topliss-reactive ketones (excluding diaryl/α,β-unsaturated/α-hetero) is 1. The maximum absolute atomic E-state index is 12.5. The molecule has 12 nitrogen and oxygen atoms in total. The number of carbonyl (C=O) groups excluding carboxylic acids is 2. The summed E-state index contributed by atoms with van der Waals surface area (Å²) in [7, 11) is 0. The molecule has 3 saturated heterocycles. The van der Waals surface area contributed by atoms with Crippen LogP contribution in [0.2, 0.25) is 0 Å². The molecule has 1 amide bonds. The van der Waals surface area contributed by atoms with Crippen molar-refractivity contribution in [1.29, 1.82) is 0 Å². The van der Waals surface area contributed by atoms with E-state index in [0.717, 1.165) is 88.1 Å². The largest absolute Gasteiger partial charge is 0.378 e. The number of hydrogen-bond acceptors (Lipinski definition) is 11. The van der Waals surface area contributed by atoms with Crippen LogP contribution in [-0.2, 0) is 53.4 Å². The number of nitrogens with zero attached hydrogens (tertiary/aromatic N) is 1. The predicted molar refractivity (Wildman–Crippen MR) is 197 cm³/mol. The van der Waals surface area contributed by atoms with Crippen molar-refractivity contribution in [1.82, 2.24) is 4.90 Å². The summed E-state index contributed by atoms with van der Waals surface area (Å²) >= 11 is 0. The highest BCUT2D eigenvalue weighted by molar-refractivity contribution is 5.79. The highest BCUT2D eigenvalue weighted by Crippen LogP contribution is 2.63. The van der Waals surface area contributed by atoms with Crippen molar-refractivity contribution in [2.75, 3.05) is 26.3 Å². The van der Waals surface area contributed by atoms with Gasteiger partial charge in [-0.1, -0.05) is 0 Å². The summed E-state index contributed by atoms with van der Waals surface area (Å²) in [6.45, 7) is 2.74. The lowest BCUT2D eigenvalue weighted by Gasteiger charge is -2.60. The average molecular weight is 784 g/mol. The number of carbonyl (C=O) groups is 2. The molecule has 4 spiro atoms. The second-order valence-electron chi connectivity index (χ2n) is 21.0. The van der Waals surface area contributed by atoms with E-state index in [1.807, 2.05) is 4.90 Å². The number of rotatable bonds is 6. The van der Waals surface area contributed by atoms with Crippen LogP contribution < -0.4 is 0 Å². The van der Waals surface area contributed by atoms with E-state index in [9.17, 15) is 9.59 Å². The normalized spacial score (nSPS) is 50.1. The molecule has 14 aliphatic rings. The van der Waals surface area contributed by atoms with Crippen LogP contribution in [0.5, 0.6) is 0 Å². The van der Waals surface area contributed by atoms with Gasteiger partial charge < -0.3 is 9.64 Å². The van der Waals surface area contributed by atoms with Crippen molar-refractivity contribution in [2.24, 2.45) is 65.1 Å². The first kappa shape index (κ1) is 37.8. The Bertz CT molecular complexity index is 1380. The van der Waals surface area contributed by atoms with Crippen LogP contribution in [0.4, 0.5) is 0 Å². The minimum absolute atomic E-state index is 0.250. The Labute approximate surface area is 331 Å². The average Bonchev–Trinajstić information content (AvgIpc) is 4.03. The molecule has 0 unspecified atom stereocenters. The molecule has 56 heavy (non-hydrogen) atoms. The molecule has 14 fully saturated rings. The fourth-order valence-corrected chi connectivity index (χ4v) is 14.1. The smallest absolute Gasteiger partial charge is 0.239 e. The van der Waals surface area contributed by atoms with Gasteiger partial charge >= 0.3 is 0 Å². The zero-order valence-corrected chi connectivity index (χ0v) is 33.4. The quantitative estimate of drug-likeness (QED) is 0.245. The van der Waals surface area contributed by atoms with Crippen LogP contribution in [0.3, 0.4) is 0 Å². The summed E-state index contributed by atoms with van der Waals surface area (Å²) in [4.78, 5) is 75.0. The summed E-state index contributed by atoms with van der Waals surface area (Å²) < 4.78 is 5.34. The Morgan fingerprint density at radius 2 is 0.804 bits per heavy atom. The summed E-state index contributed by atoms with van der Waals surface area (Å²) in [6, 6.07) is 0. The number of morpholine rings is 1. The number of hydrogen-bond donors (Lipinski definition) is 0. The second kappa shape index (κ2) is 14.8. The van der Waals surface area contributed by atoms with Crippen LogP contribution in [0.1, 0.15) is 148 Å². The molecule has 11 saturated carbocycles. The van der Waals surface area contributed by atoms with Gasteiger partial charge in [0.05, 0.1) is 13.2 Å². The summed E-state index contributed by atoms with van der Waals surface area (Å²) in [5, 5.41) is 0. The maximum atomic E-state index is 12.5. The molecule has 0 aromatic rings. The van der Waals surface area contributed by atoms with Crippen LogP contribution in [0.15, 0.2) is 0 Å². The lowest BCUT2D eigenvalue weighted by atomic mass is 9.53. The van der Waals surface area contributed by atoms with E-state index in [1.54, 1.807) is 0 Å². The van der Waals surface area contributed by atoms with Gasteiger partial charge in [0.1, 0.15) is 5.78 Å². The fourth-order valence-electron chi connectivity index (χ4n) is 14.1. The molecular weight excluding hydrogens is 718 g/mol. The first-order valence-electron chi connectivity index (χ1n) is 23.1. The Balaban J connectivity index is 0.000000130.